The van der Waals surface area contributed by atoms with Gasteiger partial charge in [-0.05, 0) is 17.7 Å². The highest BCUT2D eigenvalue weighted by Crippen LogP contribution is 2.31. The van der Waals surface area contributed by atoms with Crippen molar-refractivity contribution in [3.63, 3.8) is 0 Å². The molecule has 3 heterocycles. The van der Waals surface area contributed by atoms with Gasteiger partial charge >= 0.3 is 0 Å². The van der Waals surface area contributed by atoms with Gasteiger partial charge in [0.15, 0.2) is 11.5 Å². The number of hydrogen-bond donors (Lipinski definition) is 0. The van der Waals surface area contributed by atoms with Gasteiger partial charge in [0, 0.05) is 32.7 Å². The van der Waals surface area contributed by atoms with Crippen molar-refractivity contribution >= 4 is 41.3 Å². The van der Waals surface area contributed by atoms with Gasteiger partial charge in [0.25, 0.3) is 0 Å². The maximum atomic E-state index is 5.47. The van der Waals surface area contributed by atoms with E-state index >= 15 is 0 Å². The van der Waals surface area contributed by atoms with Crippen LogP contribution in [0.1, 0.15) is 5.56 Å². The van der Waals surface area contributed by atoms with E-state index in [2.05, 4.69) is 32.1 Å². The Morgan fingerprint density at radius 2 is 1.75 bits per heavy atom. The Balaban J connectivity index is 0.00000104. The smallest absolute Gasteiger partial charge is 0.208 e. The molecule has 9 heteroatoms. The lowest BCUT2D eigenvalue weighted by Crippen LogP contribution is -2.45. The molecular formula is C15H18Cl2N4O2S. The first-order chi connectivity index (χ1) is 10.9. The summed E-state index contributed by atoms with van der Waals surface area (Å²) < 4.78 is 10.9. The lowest BCUT2D eigenvalue weighted by atomic mass is 10.1. The van der Waals surface area contributed by atoms with E-state index in [4.69, 9.17) is 9.47 Å². The molecular weight excluding hydrogens is 371 g/mol. The minimum Gasteiger partial charge on any atom is -0.458 e. The third-order valence-corrected chi connectivity index (χ3v) is 4.60. The fourth-order valence-corrected chi connectivity index (χ4v) is 3.32. The quantitative estimate of drug-likeness (QED) is 0.805. The Hall–Kier alpha value is -1.54. The molecule has 0 atom stereocenters. The number of hydrogen-bond acceptors (Lipinski definition) is 7. The fraction of sp³-hybridized carbons (Fsp3) is 0.333. The summed E-state index contributed by atoms with van der Waals surface area (Å²) in [6.45, 7) is 4.94. The van der Waals surface area contributed by atoms with E-state index in [1.54, 1.807) is 29.4 Å². The average Bonchev–Trinajstić information content (AvgIpc) is 3.10. The summed E-state index contributed by atoms with van der Waals surface area (Å²) in [4.78, 5) is 4.74. The topological polar surface area (TPSA) is 50.7 Å². The number of ether oxygens (including phenoxy) is 2. The fourth-order valence-electron chi connectivity index (χ4n) is 2.70. The molecule has 130 valence electrons. The Morgan fingerprint density at radius 3 is 2.46 bits per heavy atom. The number of halogens is 2. The van der Waals surface area contributed by atoms with Crippen LogP contribution in [0.15, 0.2) is 36.2 Å². The van der Waals surface area contributed by atoms with E-state index < -0.39 is 0 Å². The SMILES string of the molecule is C1=COc2cc(CN3CCN(c4nncs4)CC3)ccc2O1.Cl.Cl. The van der Waals surface area contributed by atoms with Crippen molar-refractivity contribution in [1.82, 2.24) is 15.1 Å². The molecule has 0 bridgehead atoms. The second kappa shape index (κ2) is 8.53. The van der Waals surface area contributed by atoms with E-state index in [0.717, 1.165) is 49.4 Å². The predicted molar refractivity (Wildman–Crippen MR) is 98.7 cm³/mol. The summed E-state index contributed by atoms with van der Waals surface area (Å²) in [5.41, 5.74) is 3.02. The van der Waals surface area contributed by atoms with Gasteiger partial charge in [-0.3, -0.25) is 4.90 Å². The van der Waals surface area contributed by atoms with Crippen molar-refractivity contribution in [1.29, 1.82) is 0 Å². The van der Waals surface area contributed by atoms with Gasteiger partial charge in [0.2, 0.25) is 5.13 Å². The first-order valence-corrected chi connectivity index (χ1v) is 8.11. The number of fused-ring (bicyclic) bond motifs is 1. The Labute approximate surface area is 156 Å². The van der Waals surface area contributed by atoms with E-state index in [1.807, 2.05) is 6.07 Å². The van der Waals surface area contributed by atoms with Crippen LogP contribution in [-0.4, -0.2) is 41.3 Å². The molecule has 24 heavy (non-hydrogen) atoms. The molecule has 0 spiro atoms. The van der Waals surface area contributed by atoms with Crippen LogP contribution in [0, 0.1) is 0 Å². The zero-order chi connectivity index (χ0) is 14.8. The maximum absolute atomic E-state index is 5.47. The Bertz CT molecular complexity index is 676. The van der Waals surface area contributed by atoms with Crippen molar-refractivity contribution < 1.29 is 9.47 Å². The van der Waals surface area contributed by atoms with E-state index in [9.17, 15) is 0 Å². The first-order valence-electron chi connectivity index (χ1n) is 7.23. The lowest BCUT2D eigenvalue weighted by Gasteiger charge is -2.34. The van der Waals surface area contributed by atoms with E-state index in [0.29, 0.717) is 0 Å². The number of rotatable bonds is 3. The van der Waals surface area contributed by atoms with Crippen LogP contribution in [0.3, 0.4) is 0 Å². The standard InChI is InChI=1S/C15H16N4O2S.2ClH/c1-2-13-14(21-8-7-20-13)9-12(1)10-18-3-5-19(6-4-18)15-17-16-11-22-15;;/h1-2,7-9,11H,3-6,10H2;2*1H. The molecule has 4 rings (SSSR count). The second-order valence-corrected chi connectivity index (χ2v) is 6.09. The summed E-state index contributed by atoms with van der Waals surface area (Å²) >= 11 is 1.60. The van der Waals surface area contributed by atoms with Crippen LogP contribution in [0.25, 0.3) is 0 Å². The highest BCUT2D eigenvalue weighted by molar-refractivity contribution is 7.13. The zero-order valence-corrected chi connectivity index (χ0v) is 15.3. The number of piperazine rings is 1. The van der Waals surface area contributed by atoms with Gasteiger partial charge in [0.1, 0.15) is 18.0 Å². The molecule has 1 fully saturated rings. The van der Waals surface area contributed by atoms with Crippen molar-refractivity contribution in [2.75, 3.05) is 31.1 Å². The van der Waals surface area contributed by atoms with Gasteiger partial charge in [0.05, 0.1) is 0 Å². The summed E-state index contributed by atoms with van der Waals surface area (Å²) in [5, 5.41) is 9.06. The molecule has 1 aromatic carbocycles. The van der Waals surface area contributed by atoms with Crippen molar-refractivity contribution in [3.05, 3.63) is 41.8 Å². The monoisotopic (exact) mass is 388 g/mol. The molecule has 0 aliphatic carbocycles. The maximum Gasteiger partial charge on any atom is 0.208 e. The summed E-state index contributed by atoms with van der Waals surface area (Å²) in [6, 6.07) is 6.11. The molecule has 0 N–H and O–H groups in total. The van der Waals surface area contributed by atoms with Crippen molar-refractivity contribution in [2.24, 2.45) is 0 Å². The van der Waals surface area contributed by atoms with Gasteiger partial charge in [-0.2, -0.15) is 0 Å². The van der Waals surface area contributed by atoms with Crippen LogP contribution < -0.4 is 14.4 Å². The molecule has 0 saturated carbocycles. The van der Waals surface area contributed by atoms with E-state index in [-0.39, 0.29) is 24.8 Å². The Morgan fingerprint density at radius 1 is 1.00 bits per heavy atom. The number of anilines is 1. The largest absolute Gasteiger partial charge is 0.458 e. The molecule has 0 radical (unpaired) electrons. The van der Waals surface area contributed by atoms with Crippen LogP contribution >= 0.6 is 36.2 Å². The predicted octanol–water partition coefficient (Wildman–Crippen LogP) is 2.95. The molecule has 0 unspecified atom stereocenters. The van der Waals surface area contributed by atoms with Gasteiger partial charge in [-0.25, -0.2) is 0 Å². The van der Waals surface area contributed by atoms with Crippen LogP contribution in [0.5, 0.6) is 11.5 Å². The lowest BCUT2D eigenvalue weighted by molar-refractivity contribution is 0.249. The summed E-state index contributed by atoms with van der Waals surface area (Å²) in [7, 11) is 0. The van der Waals surface area contributed by atoms with Gasteiger partial charge in [-0.1, -0.05) is 17.4 Å². The van der Waals surface area contributed by atoms with Gasteiger partial charge < -0.3 is 14.4 Å². The summed E-state index contributed by atoms with van der Waals surface area (Å²) in [6.07, 6.45) is 3.11. The molecule has 6 nitrogen and oxygen atoms in total. The van der Waals surface area contributed by atoms with Crippen molar-refractivity contribution in [3.8, 4) is 11.5 Å². The van der Waals surface area contributed by atoms with Crippen LogP contribution in [0.4, 0.5) is 5.13 Å². The molecule has 1 aromatic heterocycles. The van der Waals surface area contributed by atoms with E-state index in [1.165, 1.54) is 5.56 Å². The number of aromatic nitrogens is 2. The minimum absolute atomic E-state index is 0. The molecule has 2 aliphatic heterocycles. The first kappa shape index (κ1) is 18.8. The average molecular weight is 389 g/mol. The van der Waals surface area contributed by atoms with Crippen LogP contribution in [0.2, 0.25) is 0 Å². The third-order valence-electron chi connectivity index (χ3n) is 3.85. The molecule has 2 aliphatic rings. The number of benzene rings is 1. The molecule has 1 saturated heterocycles. The number of nitrogens with zero attached hydrogens (tertiary/aromatic N) is 4. The van der Waals surface area contributed by atoms with Crippen LogP contribution in [-0.2, 0) is 6.54 Å². The highest BCUT2D eigenvalue weighted by Gasteiger charge is 2.19. The second-order valence-electron chi connectivity index (χ2n) is 5.27. The highest BCUT2D eigenvalue weighted by atomic mass is 35.5. The zero-order valence-electron chi connectivity index (χ0n) is 12.8. The minimum atomic E-state index is 0. The molecule has 2 aromatic rings. The summed E-state index contributed by atoms with van der Waals surface area (Å²) in [5.74, 6) is 1.56. The molecule has 0 amide bonds. The Kier molecular flexibility index (Phi) is 6.68. The normalized spacial score (nSPS) is 16.2. The third kappa shape index (κ3) is 4.10. The van der Waals surface area contributed by atoms with Gasteiger partial charge in [-0.15, -0.1) is 35.0 Å². The van der Waals surface area contributed by atoms with Crippen molar-refractivity contribution in [2.45, 2.75) is 6.54 Å².